The van der Waals surface area contributed by atoms with Crippen LogP contribution in [0.1, 0.15) is 44.4 Å². The van der Waals surface area contributed by atoms with Crippen molar-refractivity contribution < 1.29 is 4.74 Å². The summed E-state index contributed by atoms with van der Waals surface area (Å²) in [5.41, 5.74) is 2.18. The number of hydrogen-bond acceptors (Lipinski definition) is 3. The van der Waals surface area contributed by atoms with Gasteiger partial charge in [0.1, 0.15) is 5.75 Å². The highest BCUT2D eigenvalue weighted by Crippen LogP contribution is 2.23. The molecule has 0 amide bonds. The summed E-state index contributed by atoms with van der Waals surface area (Å²) in [6, 6.07) is 2.75. The van der Waals surface area contributed by atoms with Crippen molar-refractivity contribution in [3.8, 4) is 5.75 Å². The molecular formula is C14H22N2O. The molecule has 0 bridgehead atoms. The quantitative estimate of drug-likeness (QED) is 0.822. The van der Waals surface area contributed by atoms with Gasteiger partial charge in [0.25, 0.3) is 0 Å². The lowest BCUT2D eigenvalue weighted by Gasteiger charge is -2.16. The molecule has 1 unspecified atom stereocenters. The number of hydrogen-bond donors (Lipinski definition) is 1. The third-order valence-electron chi connectivity index (χ3n) is 3.14. The molecule has 0 spiro atoms. The number of nitrogens with one attached hydrogen (secondary N) is 1. The molecule has 1 aromatic heterocycles. The van der Waals surface area contributed by atoms with Gasteiger partial charge in [0.05, 0.1) is 6.10 Å². The van der Waals surface area contributed by atoms with Crippen LogP contribution in [0.15, 0.2) is 12.3 Å². The largest absolute Gasteiger partial charge is 0.490 e. The Hall–Kier alpha value is -1.09. The zero-order chi connectivity index (χ0) is 12.3. The van der Waals surface area contributed by atoms with Gasteiger partial charge in [-0.05, 0) is 33.1 Å². The van der Waals surface area contributed by atoms with Gasteiger partial charge >= 0.3 is 0 Å². The first-order valence-corrected chi connectivity index (χ1v) is 6.54. The van der Waals surface area contributed by atoms with E-state index >= 15 is 0 Å². The highest BCUT2D eigenvalue weighted by atomic mass is 16.5. The number of aromatic nitrogens is 1. The molecule has 1 atom stereocenters. The van der Waals surface area contributed by atoms with Gasteiger partial charge < -0.3 is 10.1 Å². The van der Waals surface area contributed by atoms with E-state index in [1.54, 1.807) is 0 Å². The lowest BCUT2D eigenvalue weighted by molar-refractivity contribution is 0.214. The van der Waals surface area contributed by atoms with Crippen LogP contribution in [0, 0.1) is 6.92 Å². The van der Waals surface area contributed by atoms with E-state index in [-0.39, 0.29) is 6.10 Å². The van der Waals surface area contributed by atoms with Gasteiger partial charge in [-0.15, -0.1) is 0 Å². The predicted octanol–water partition coefficient (Wildman–Crippen LogP) is 2.82. The number of rotatable bonds is 6. The van der Waals surface area contributed by atoms with Gasteiger partial charge in [0, 0.05) is 36.1 Å². The molecule has 1 heterocycles. The highest BCUT2D eigenvalue weighted by Gasteiger charge is 2.20. The second-order valence-electron chi connectivity index (χ2n) is 4.93. The van der Waals surface area contributed by atoms with Gasteiger partial charge in [-0.25, -0.2) is 0 Å². The average molecular weight is 234 g/mol. The first-order valence-electron chi connectivity index (χ1n) is 6.54. The molecule has 0 aromatic carbocycles. The summed E-state index contributed by atoms with van der Waals surface area (Å²) in [6.07, 6.45) is 5.83. The van der Waals surface area contributed by atoms with Crippen molar-refractivity contribution in [2.24, 2.45) is 0 Å². The van der Waals surface area contributed by atoms with Gasteiger partial charge in [-0.3, -0.25) is 4.98 Å². The standard InChI is InChI=1S/C14H22N2O/c1-4-11(3)17-14-7-10(2)15-8-12(14)9-16-13-5-6-13/h7-8,11,13,16H,4-6,9H2,1-3H3. The summed E-state index contributed by atoms with van der Waals surface area (Å²) >= 11 is 0. The number of ether oxygens (including phenoxy) is 1. The van der Waals surface area contributed by atoms with Gasteiger partial charge in [0.2, 0.25) is 0 Å². The van der Waals surface area contributed by atoms with E-state index in [0.717, 1.165) is 24.4 Å². The van der Waals surface area contributed by atoms with Crippen molar-refractivity contribution in [2.75, 3.05) is 0 Å². The van der Waals surface area contributed by atoms with Crippen molar-refractivity contribution in [1.29, 1.82) is 0 Å². The van der Waals surface area contributed by atoms with Crippen molar-refractivity contribution in [2.45, 2.75) is 58.7 Å². The van der Waals surface area contributed by atoms with Crippen LogP contribution in [-0.4, -0.2) is 17.1 Å². The maximum absolute atomic E-state index is 5.95. The van der Waals surface area contributed by atoms with Crippen molar-refractivity contribution in [3.05, 3.63) is 23.5 Å². The molecule has 2 rings (SSSR count). The van der Waals surface area contributed by atoms with Crippen molar-refractivity contribution in [1.82, 2.24) is 10.3 Å². The van der Waals surface area contributed by atoms with E-state index in [0.29, 0.717) is 6.04 Å². The topological polar surface area (TPSA) is 34.1 Å². The van der Waals surface area contributed by atoms with Gasteiger partial charge in [0.15, 0.2) is 0 Å². The zero-order valence-corrected chi connectivity index (χ0v) is 11.0. The molecule has 1 aromatic rings. The fourth-order valence-corrected chi connectivity index (χ4v) is 1.65. The minimum atomic E-state index is 0.261. The Labute approximate surface area is 104 Å². The molecule has 3 nitrogen and oxygen atoms in total. The molecule has 1 aliphatic rings. The molecule has 1 N–H and O–H groups in total. The smallest absolute Gasteiger partial charge is 0.127 e. The summed E-state index contributed by atoms with van der Waals surface area (Å²) in [7, 11) is 0. The predicted molar refractivity (Wildman–Crippen MR) is 69.2 cm³/mol. The second kappa shape index (κ2) is 5.50. The Morgan fingerprint density at radius 3 is 2.94 bits per heavy atom. The summed E-state index contributed by atoms with van der Waals surface area (Å²) in [6.45, 7) is 7.11. The Morgan fingerprint density at radius 2 is 2.29 bits per heavy atom. The second-order valence-corrected chi connectivity index (χ2v) is 4.93. The molecular weight excluding hydrogens is 212 g/mol. The molecule has 1 aliphatic carbocycles. The summed E-state index contributed by atoms with van der Waals surface area (Å²) in [5, 5.41) is 3.50. The molecule has 94 valence electrons. The average Bonchev–Trinajstić information content (AvgIpc) is 3.12. The van der Waals surface area contributed by atoms with Crippen LogP contribution in [0.25, 0.3) is 0 Å². The van der Waals surface area contributed by atoms with E-state index in [2.05, 4.69) is 24.1 Å². The lowest BCUT2D eigenvalue weighted by Crippen LogP contribution is -2.18. The normalized spacial score (nSPS) is 16.9. The molecule has 3 heteroatoms. The van der Waals surface area contributed by atoms with Gasteiger partial charge in [-0.2, -0.15) is 0 Å². The van der Waals surface area contributed by atoms with E-state index in [1.165, 1.54) is 18.4 Å². The van der Waals surface area contributed by atoms with Crippen LogP contribution in [0.3, 0.4) is 0 Å². The number of nitrogens with zero attached hydrogens (tertiary/aromatic N) is 1. The van der Waals surface area contributed by atoms with E-state index in [4.69, 9.17) is 4.74 Å². The molecule has 0 aliphatic heterocycles. The molecule has 1 saturated carbocycles. The number of pyridine rings is 1. The van der Waals surface area contributed by atoms with Crippen LogP contribution in [0.5, 0.6) is 5.75 Å². The fourth-order valence-electron chi connectivity index (χ4n) is 1.65. The lowest BCUT2D eigenvalue weighted by atomic mass is 10.2. The Morgan fingerprint density at radius 1 is 1.53 bits per heavy atom. The monoisotopic (exact) mass is 234 g/mol. The molecule has 0 saturated heterocycles. The third kappa shape index (κ3) is 3.70. The van der Waals surface area contributed by atoms with Crippen molar-refractivity contribution in [3.63, 3.8) is 0 Å². The van der Waals surface area contributed by atoms with E-state index in [1.807, 2.05) is 19.2 Å². The maximum atomic E-state index is 5.95. The SMILES string of the molecule is CCC(C)Oc1cc(C)ncc1CNC1CC1. The Balaban J connectivity index is 2.05. The Kier molecular flexibility index (Phi) is 4.00. The summed E-state index contributed by atoms with van der Waals surface area (Å²) in [5.74, 6) is 0.986. The summed E-state index contributed by atoms with van der Waals surface area (Å²) in [4.78, 5) is 4.35. The number of aryl methyl sites for hydroxylation is 1. The van der Waals surface area contributed by atoms with Crippen LogP contribution < -0.4 is 10.1 Å². The van der Waals surface area contributed by atoms with E-state index < -0.39 is 0 Å². The minimum absolute atomic E-state index is 0.261. The van der Waals surface area contributed by atoms with Crippen LogP contribution in [-0.2, 0) is 6.54 Å². The van der Waals surface area contributed by atoms with Crippen molar-refractivity contribution >= 4 is 0 Å². The summed E-state index contributed by atoms with van der Waals surface area (Å²) < 4.78 is 5.95. The third-order valence-corrected chi connectivity index (χ3v) is 3.14. The van der Waals surface area contributed by atoms with Crippen LogP contribution >= 0.6 is 0 Å². The maximum Gasteiger partial charge on any atom is 0.127 e. The molecule has 1 fully saturated rings. The minimum Gasteiger partial charge on any atom is -0.490 e. The Bertz CT molecular complexity index is 374. The first-order chi connectivity index (χ1) is 8.19. The van der Waals surface area contributed by atoms with Crippen LogP contribution in [0.4, 0.5) is 0 Å². The highest BCUT2D eigenvalue weighted by molar-refractivity contribution is 5.33. The zero-order valence-electron chi connectivity index (χ0n) is 11.0. The van der Waals surface area contributed by atoms with Crippen LogP contribution in [0.2, 0.25) is 0 Å². The van der Waals surface area contributed by atoms with Gasteiger partial charge in [-0.1, -0.05) is 6.92 Å². The molecule has 17 heavy (non-hydrogen) atoms. The fraction of sp³-hybridized carbons (Fsp3) is 0.643. The molecule has 0 radical (unpaired) electrons. The van der Waals surface area contributed by atoms with E-state index in [9.17, 15) is 0 Å². The first kappa shape index (κ1) is 12.4.